The molecule has 1 aliphatic rings. The van der Waals surface area contributed by atoms with Crippen molar-refractivity contribution in [1.82, 2.24) is 10.3 Å². The summed E-state index contributed by atoms with van der Waals surface area (Å²) >= 11 is 0. The van der Waals surface area contributed by atoms with E-state index in [2.05, 4.69) is 10.3 Å². The molecule has 1 fully saturated rings. The Hall–Kier alpha value is -1.61. The molecule has 0 radical (unpaired) electrons. The molecular formula is C12H12N2O. The standard InChI is InChI=1S/C12H12N2O/c15-12-10(9-6-13-7-9)5-8-3-1-2-4-11(8)14-12/h1-5,9,13H,6-7H2,(H,14,15). The van der Waals surface area contributed by atoms with Gasteiger partial charge in [0.15, 0.2) is 0 Å². The van der Waals surface area contributed by atoms with Crippen LogP contribution >= 0.6 is 0 Å². The smallest absolute Gasteiger partial charge is 0.252 e. The fraction of sp³-hybridized carbons (Fsp3) is 0.250. The minimum absolute atomic E-state index is 0.0557. The zero-order chi connectivity index (χ0) is 10.3. The van der Waals surface area contributed by atoms with Gasteiger partial charge in [0, 0.05) is 30.1 Å². The number of aromatic nitrogens is 1. The maximum atomic E-state index is 11.8. The number of nitrogens with one attached hydrogen (secondary N) is 2. The number of para-hydroxylation sites is 1. The van der Waals surface area contributed by atoms with Gasteiger partial charge in [-0.05, 0) is 17.5 Å². The normalized spacial score (nSPS) is 16.5. The largest absolute Gasteiger partial charge is 0.322 e. The monoisotopic (exact) mass is 200 g/mol. The summed E-state index contributed by atoms with van der Waals surface area (Å²) in [7, 11) is 0. The molecule has 2 heterocycles. The van der Waals surface area contributed by atoms with Crippen molar-refractivity contribution in [1.29, 1.82) is 0 Å². The lowest BCUT2D eigenvalue weighted by Gasteiger charge is -2.26. The Bertz CT molecular complexity index is 555. The van der Waals surface area contributed by atoms with E-state index in [9.17, 15) is 4.79 Å². The van der Waals surface area contributed by atoms with Crippen LogP contribution in [0.15, 0.2) is 35.1 Å². The second-order valence-corrected chi connectivity index (χ2v) is 4.00. The highest BCUT2D eigenvalue weighted by Gasteiger charge is 2.21. The maximum absolute atomic E-state index is 11.8. The Labute approximate surface area is 87.1 Å². The predicted octanol–water partition coefficient (Wildman–Crippen LogP) is 1.21. The highest BCUT2D eigenvalue weighted by atomic mass is 16.1. The van der Waals surface area contributed by atoms with Gasteiger partial charge in [0.2, 0.25) is 0 Å². The van der Waals surface area contributed by atoms with Gasteiger partial charge in [-0.15, -0.1) is 0 Å². The molecule has 0 atom stereocenters. The van der Waals surface area contributed by atoms with Crippen molar-refractivity contribution in [3.8, 4) is 0 Å². The van der Waals surface area contributed by atoms with Crippen molar-refractivity contribution in [2.45, 2.75) is 5.92 Å². The summed E-state index contributed by atoms with van der Waals surface area (Å²) in [5.41, 5.74) is 1.88. The molecule has 0 amide bonds. The second-order valence-electron chi connectivity index (χ2n) is 4.00. The van der Waals surface area contributed by atoms with Gasteiger partial charge in [0.05, 0.1) is 0 Å². The van der Waals surface area contributed by atoms with Crippen LogP contribution in [-0.4, -0.2) is 18.1 Å². The molecule has 76 valence electrons. The molecule has 2 N–H and O–H groups in total. The average molecular weight is 200 g/mol. The summed E-state index contributed by atoms with van der Waals surface area (Å²) in [6.07, 6.45) is 0. The topological polar surface area (TPSA) is 44.9 Å². The van der Waals surface area contributed by atoms with Crippen LogP contribution in [0, 0.1) is 0 Å². The number of H-pyrrole nitrogens is 1. The third-order valence-electron chi connectivity index (χ3n) is 3.00. The summed E-state index contributed by atoms with van der Waals surface area (Å²) < 4.78 is 0. The van der Waals surface area contributed by atoms with E-state index >= 15 is 0 Å². The van der Waals surface area contributed by atoms with Crippen molar-refractivity contribution in [2.24, 2.45) is 0 Å². The Morgan fingerprint density at radius 1 is 1.20 bits per heavy atom. The molecule has 1 aliphatic heterocycles. The van der Waals surface area contributed by atoms with Crippen molar-refractivity contribution in [3.63, 3.8) is 0 Å². The lowest BCUT2D eigenvalue weighted by molar-refractivity contribution is 0.445. The minimum Gasteiger partial charge on any atom is -0.322 e. The van der Waals surface area contributed by atoms with E-state index < -0.39 is 0 Å². The van der Waals surface area contributed by atoms with Gasteiger partial charge < -0.3 is 10.3 Å². The van der Waals surface area contributed by atoms with Gasteiger partial charge >= 0.3 is 0 Å². The van der Waals surface area contributed by atoms with Crippen molar-refractivity contribution >= 4 is 10.9 Å². The zero-order valence-corrected chi connectivity index (χ0v) is 8.29. The van der Waals surface area contributed by atoms with Crippen LogP contribution in [0.2, 0.25) is 0 Å². The number of hydrogen-bond donors (Lipinski definition) is 2. The van der Waals surface area contributed by atoms with Crippen LogP contribution in [0.1, 0.15) is 11.5 Å². The SMILES string of the molecule is O=c1[nH]c2ccccc2cc1C1CNC1. The summed E-state index contributed by atoms with van der Waals surface area (Å²) in [5, 5.41) is 4.29. The van der Waals surface area contributed by atoms with E-state index in [1.165, 1.54) is 0 Å². The lowest BCUT2D eigenvalue weighted by Crippen LogP contribution is -2.42. The van der Waals surface area contributed by atoms with Gasteiger partial charge in [-0.25, -0.2) is 0 Å². The summed E-state index contributed by atoms with van der Waals surface area (Å²) in [5.74, 6) is 0.387. The van der Waals surface area contributed by atoms with E-state index in [1.54, 1.807) is 0 Å². The molecule has 3 rings (SSSR count). The number of rotatable bonds is 1. The first-order chi connectivity index (χ1) is 7.34. The fourth-order valence-electron chi connectivity index (χ4n) is 1.98. The summed E-state index contributed by atoms with van der Waals surface area (Å²) in [6.45, 7) is 1.84. The average Bonchev–Trinajstić information content (AvgIpc) is 2.16. The van der Waals surface area contributed by atoms with Gasteiger partial charge in [-0.3, -0.25) is 4.79 Å². The Morgan fingerprint density at radius 3 is 2.73 bits per heavy atom. The second kappa shape index (κ2) is 3.21. The fourth-order valence-corrected chi connectivity index (χ4v) is 1.98. The Kier molecular flexibility index (Phi) is 1.86. The van der Waals surface area contributed by atoms with Crippen LogP contribution in [0.5, 0.6) is 0 Å². The van der Waals surface area contributed by atoms with Crippen LogP contribution < -0.4 is 10.9 Å². The quantitative estimate of drug-likeness (QED) is 0.727. The van der Waals surface area contributed by atoms with E-state index in [0.717, 1.165) is 29.6 Å². The van der Waals surface area contributed by atoms with E-state index in [0.29, 0.717) is 5.92 Å². The van der Waals surface area contributed by atoms with Crippen LogP contribution in [0.3, 0.4) is 0 Å². The van der Waals surface area contributed by atoms with Crippen LogP contribution in [0.25, 0.3) is 10.9 Å². The molecular weight excluding hydrogens is 188 g/mol. The van der Waals surface area contributed by atoms with Gasteiger partial charge in [-0.2, -0.15) is 0 Å². The van der Waals surface area contributed by atoms with Gasteiger partial charge in [0.1, 0.15) is 0 Å². The summed E-state index contributed by atoms with van der Waals surface area (Å²) in [4.78, 5) is 14.7. The molecule has 0 saturated carbocycles. The van der Waals surface area contributed by atoms with E-state index in [4.69, 9.17) is 0 Å². The summed E-state index contributed by atoms with van der Waals surface area (Å²) in [6, 6.07) is 9.90. The van der Waals surface area contributed by atoms with Crippen molar-refractivity contribution < 1.29 is 0 Å². The molecule has 15 heavy (non-hydrogen) atoms. The number of benzene rings is 1. The van der Waals surface area contributed by atoms with Gasteiger partial charge in [-0.1, -0.05) is 18.2 Å². The Morgan fingerprint density at radius 2 is 2.00 bits per heavy atom. The highest BCUT2D eigenvalue weighted by Crippen LogP contribution is 2.19. The lowest BCUT2D eigenvalue weighted by atomic mass is 9.94. The molecule has 2 aromatic rings. The number of hydrogen-bond acceptors (Lipinski definition) is 2. The maximum Gasteiger partial charge on any atom is 0.252 e. The molecule has 1 aromatic heterocycles. The first kappa shape index (κ1) is 8.68. The highest BCUT2D eigenvalue weighted by molar-refractivity contribution is 5.78. The molecule has 0 spiro atoms. The van der Waals surface area contributed by atoms with Crippen molar-refractivity contribution in [3.05, 3.63) is 46.2 Å². The van der Waals surface area contributed by atoms with Crippen LogP contribution in [0.4, 0.5) is 0 Å². The number of pyridine rings is 1. The number of aromatic amines is 1. The predicted molar refractivity (Wildman–Crippen MR) is 60.2 cm³/mol. The van der Waals surface area contributed by atoms with Crippen molar-refractivity contribution in [2.75, 3.05) is 13.1 Å². The molecule has 3 heteroatoms. The van der Waals surface area contributed by atoms with E-state index in [-0.39, 0.29) is 5.56 Å². The third-order valence-corrected chi connectivity index (χ3v) is 3.00. The Balaban J connectivity index is 2.22. The first-order valence-corrected chi connectivity index (χ1v) is 5.17. The molecule has 1 saturated heterocycles. The molecule has 0 aliphatic carbocycles. The number of fused-ring (bicyclic) bond motifs is 1. The zero-order valence-electron chi connectivity index (χ0n) is 8.29. The molecule has 3 nitrogen and oxygen atoms in total. The van der Waals surface area contributed by atoms with E-state index in [1.807, 2.05) is 30.3 Å². The van der Waals surface area contributed by atoms with Crippen LogP contribution in [-0.2, 0) is 0 Å². The minimum atomic E-state index is 0.0557. The first-order valence-electron chi connectivity index (χ1n) is 5.17. The van der Waals surface area contributed by atoms with Gasteiger partial charge in [0.25, 0.3) is 5.56 Å². The molecule has 0 bridgehead atoms. The molecule has 1 aromatic carbocycles. The third kappa shape index (κ3) is 1.36. The molecule has 0 unspecified atom stereocenters.